The molecule has 0 fully saturated rings. The minimum atomic E-state index is -0.0185. The van der Waals surface area contributed by atoms with Gasteiger partial charge in [0.2, 0.25) is 5.16 Å². The van der Waals surface area contributed by atoms with Gasteiger partial charge in [0.1, 0.15) is 11.5 Å². The summed E-state index contributed by atoms with van der Waals surface area (Å²) < 4.78 is 13.5. The van der Waals surface area contributed by atoms with E-state index in [-0.39, 0.29) is 11.7 Å². The zero-order valence-electron chi connectivity index (χ0n) is 18.1. The van der Waals surface area contributed by atoms with E-state index in [1.54, 1.807) is 36.7 Å². The van der Waals surface area contributed by atoms with Gasteiger partial charge in [-0.05, 0) is 35.7 Å². The lowest BCUT2D eigenvalue weighted by atomic mass is 9.82. The average Bonchev–Trinajstić information content (AvgIpc) is 3.23. The van der Waals surface area contributed by atoms with Gasteiger partial charge in [-0.15, -0.1) is 5.10 Å². The first-order valence-electron chi connectivity index (χ1n) is 10.4. The number of Topliss-reactive ketones (excluding diaryl/α,β-unsaturated/α-hetero) is 1. The number of hydrogen-bond acceptors (Lipinski definition) is 7. The molecule has 4 aromatic rings. The Morgan fingerprint density at radius 3 is 2.67 bits per heavy atom. The van der Waals surface area contributed by atoms with Crippen LogP contribution in [0.25, 0.3) is 5.78 Å². The number of aromatic nitrogens is 4. The third kappa shape index (κ3) is 4.47. The molecule has 0 aliphatic heterocycles. The molecular weight excluding hydrogens is 504 g/mol. The van der Waals surface area contributed by atoms with E-state index >= 15 is 0 Å². The monoisotopic (exact) mass is 524 g/mol. The zero-order valence-corrected chi connectivity index (χ0v) is 20.5. The maximum Gasteiger partial charge on any atom is 0.253 e. The summed E-state index contributed by atoms with van der Waals surface area (Å²) in [4.78, 5) is 22.3. The van der Waals surface area contributed by atoms with Gasteiger partial charge in [-0.3, -0.25) is 4.79 Å². The van der Waals surface area contributed by atoms with Gasteiger partial charge in [-0.2, -0.15) is 4.98 Å². The molecule has 1 atom stereocenters. The highest BCUT2D eigenvalue weighted by atomic mass is 79.9. The maximum absolute atomic E-state index is 13.0. The molecular formula is C24H21BrN4O3S. The molecule has 168 valence electrons. The van der Waals surface area contributed by atoms with Crippen molar-refractivity contribution < 1.29 is 14.3 Å². The van der Waals surface area contributed by atoms with Crippen molar-refractivity contribution in [2.75, 3.05) is 14.2 Å². The van der Waals surface area contributed by atoms with E-state index in [2.05, 4.69) is 38.1 Å². The normalized spacial score (nSPS) is 15.5. The van der Waals surface area contributed by atoms with Crippen molar-refractivity contribution in [1.29, 1.82) is 0 Å². The highest BCUT2D eigenvalue weighted by molar-refractivity contribution is 9.10. The first-order chi connectivity index (χ1) is 16.0. The number of benzene rings is 2. The topological polar surface area (TPSA) is 78.6 Å². The van der Waals surface area contributed by atoms with Crippen LogP contribution in [0, 0.1) is 0 Å². The Kier molecular flexibility index (Phi) is 6.07. The molecule has 0 saturated heterocycles. The highest BCUT2D eigenvalue weighted by Crippen LogP contribution is 2.38. The van der Waals surface area contributed by atoms with Crippen molar-refractivity contribution in [3.05, 3.63) is 75.5 Å². The molecule has 0 unspecified atom stereocenters. The Balaban J connectivity index is 1.40. The van der Waals surface area contributed by atoms with Crippen molar-refractivity contribution in [3.8, 4) is 11.5 Å². The lowest BCUT2D eigenvalue weighted by Gasteiger charge is -2.24. The standard InChI is InChI=1S/C24H21BrN4O3S/c1-31-17-7-8-18(22(11-17)32-2)15-9-20-19(21(30)10-15)12-29-23(26-20)27-24(28-29)33-13-14-3-5-16(25)6-4-14/h3-8,11-12,15H,9-10,13H2,1-2H3/t15-/m1/s1. The second-order valence-electron chi connectivity index (χ2n) is 7.79. The van der Waals surface area contributed by atoms with Crippen LogP contribution in [-0.4, -0.2) is 39.6 Å². The number of carbonyl (C=O) groups excluding carboxylic acids is 1. The molecule has 0 amide bonds. The summed E-state index contributed by atoms with van der Waals surface area (Å²) in [7, 11) is 3.25. The first-order valence-corrected chi connectivity index (χ1v) is 12.2. The first kappa shape index (κ1) is 21.9. The maximum atomic E-state index is 13.0. The summed E-state index contributed by atoms with van der Waals surface area (Å²) in [5.74, 6) is 2.72. The number of hydrogen-bond donors (Lipinski definition) is 0. The number of methoxy groups -OCH3 is 2. The molecule has 0 N–H and O–H groups in total. The minimum absolute atomic E-state index is 0.0185. The number of thioether (sulfide) groups is 1. The molecule has 0 radical (unpaired) electrons. The van der Waals surface area contributed by atoms with Gasteiger partial charge in [0.25, 0.3) is 5.78 Å². The van der Waals surface area contributed by atoms with E-state index in [1.165, 1.54) is 5.56 Å². The van der Waals surface area contributed by atoms with Crippen LogP contribution in [0.1, 0.15) is 39.5 Å². The van der Waals surface area contributed by atoms with Crippen molar-refractivity contribution in [3.63, 3.8) is 0 Å². The lowest BCUT2D eigenvalue weighted by Crippen LogP contribution is -2.21. The molecule has 5 rings (SSSR count). The second-order valence-corrected chi connectivity index (χ2v) is 9.65. The number of fused-ring (bicyclic) bond motifs is 2. The van der Waals surface area contributed by atoms with Crippen LogP contribution in [-0.2, 0) is 12.2 Å². The van der Waals surface area contributed by atoms with E-state index in [1.807, 2.05) is 30.3 Å². The van der Waals surface area contributed by atoms with Crippen LogP contribution < -0.4 is 9.47 Å². The molecule has 0 spiro atoms. The van der Waals surface area contributed by atoms with E-state index < -0.39 is 0 Å². The summed E-state index contributed by atoms with van der Waals surface area (Å²) in [5.41, 5.74) is 3.52. The largest absolute Gasteiger partial charge is 0.497 e. The number of nitrogens with zero attached hydrogens (tertiary/aromatic N) is 4. The van der Waals surface area contributed by atoms with Crippen molar-refractivity contribution in [2.24, 2.45) is 0 Å². The van der Waals surface area contributed by atoms with Crippen molar-refractivity contribution >= 4 is 39.3 Å². The summed E-state index contributed by atoms with van der Waals surface area (Å²) >= 11 is 4.99. The summed E-state index contributed by atoms with van der Waals surface area (Å²) in [6.07, 6.45) is 2.79. The van der Waals surface area contributed by atoms with Crippen molar-refractivity contribution in [1.82, 2.24) is 19.6 Å². The molecule has 2 heterocycles. The van der Waals surface area contributed by atoms with E-state index in [0.717, 1.165) is 27.2 Å². The van der Waals surface area contributed by atoms with E-state index in [9.17, 15) is 4.79 Å². The van der Waals surface area contributed by atoms with Crippen LogP contribution in [0.2, 0.25) is 0 Å². The van der Waals surface area contributed by atoms with Crippen LogP contribution >= 0.6 is 27.7 Å². The third-order valence-electron chi connectivity index (χ3n) is 5.72. The zero-order chi connectivity index (χ0) is 22.9. The molecule has 2 aromatic carbocycles. The van der Waals surface area contributed by atoms with E-state index in [0.29, 0.717) is 35.1 Å². The van der Waals surface area contributed by atoms with Gasteiger partial charge >= 0.3 is 0 Å². The lowest BCUT2D eigenvalue weighted by molar-refractivity contribution is 0.0962. The molecule has 0 saturated carbocycles. The van der Waals surface area contributed by atoms with Gasteiger partial charge in [-0.25, -0.2) is 9.50 Å². The number of halogens is 1. The Bertz CT molecular complexity index is 1340. The predicted octanol–water partition coefficient (Wildman–Crippen LogP) is 5.11. The Hall–Kier alpha value is -2.91. The summed E-state index contributed by atoms with van der Waals surface area (Å²) in [5, 5.41) is 5.16. The quantitative estimate of drug-likeness (QED) is 0.324. The van der Waals surface area contributed by atoms with Crippen LogP contribution in [0.4, 0.5) is 0 Å². The Morgan fingerprint density at radius 1 is 1.09 bits per heavy atom. The molecule has 33 heavy (non-hydrogen) atoms. The van der Waals surface area contributed by atoms with E-state index in [4.69, 9.17) is 14.5 Å². The van der Waals surface area contributed by atoms with Gasteiger partial charge in [0.15, 0.2) is 5.78 Å². The van der Waals surface area contributed by atoms with Gasteiger partial charge in [-0.1, -0.05) is 45.9 Å². The number of ether oxygens (including phenoxy) is 2. The van der Waals surface area contributed by atoms with Crippen LogP contribution in [0.15, 0.2) is 58.3 Å². The molecule has 2 aromatic heterocycles. The predicted molar refractivity (Wildman–Crippen MR) is 129 cm³/mol. The molecule has 0 bridgehead atoms. The fourth-order valence-corrected chi connectivity index (χ4v) is 5.07. The molecule has 9 heteroatoms. The van der Waals surface area contributed by atoms with Gasteiger partial charge in [0, 0.05) is 34.8 Å². The number of ketones is 1. The van der Waals surface area contributed by atoms with Gasteiger partial charge < -0.3 is 9.47 Å². The highest BCUT2D eigenvalue weighted by Gasteiger charge is 2.30. The Morgan fingerprint density at radius 2 is 1.91 bits per heavy atom. The smallest absolute Gasteiger partial charge is 0.253 e. The number of rotatable bonds is 6. The van der Waals surface area contributed by atoms with Crippen LogP contribution in [0.5, 0.6) is 11.5 Å². The fourth-order valence-electron chi connectivity index (χ4n) is 4.03. The minimum Gasteiger partial charge on any atom is -0.497 e. The average molecular weight is 525 g/mol. The Labute approximate surface area is 203 Å². The summed E-state index contributed by atoms with van der Waals surface area (Å²) in [6, 6.07) is 13.9. The summed E-state index contributed by atoms with van der Waals surface area (Å²) in [6.45, 7) is 0. The number of carbonyl (C=O) groups is 1. The fraction of sp³-hybridized carbons (Fsp3) is 0.250. The van der Waals surface area contributed by atoms with Crippen molar-refractivity contribution in [2.45, 2.75) is 29.7 Å². The third-order valence-corrected chi connectivity index (χ3v) is 7.16. The molecule has 1 aliphatic carbocycles. The second kappa shape index (κ2) is 9.15. The van der Waals surface area contributed by atoms with Crippen LogP contribution in [0.3, 0.4) is 0 Å². The SMILES string of the molecule is COc1ccc([C@H]2CC(=O)c3cn4nc(SCc5ccc(Br)cc5)nc4nc3C2)c(OC)c1. The van der Waals surface area contributed by atoms with Gasteiger partial charge in [0.05, 0.1) is 25.5 Å². The molecule has 1 aliphatic rings. The molecule has 7 nitrogen and oxygen atoms in total.